The number of esters is 1. The van der Waals surface area contributed by atoms with Crippen LogP contribution in [0.2, 0.25) is 0 Å². The summed E-state index contributed by atoms with van der Waals surface area (Å²) in [4.78, 5) is 23.9. The molecule has 0 saturated heterocycles. The lowest BCUT2D eigenvalue weighted by Gasteiger charge is -2.13. The number of carbonyl (C=O) groups is 2. The predicted molar refractivity (Wildman–Crippen MR) is 103 cm³/mol. The largest absolute Gasteiger partial charge is 0.493 e. The molecule has 8 heteroatoms. The fourth-order valence-electron chi connectivity index (χ4n) is 2.79. The van der Waals surface area contributed by atoms with Gasteiger partial charge in [0.05, 0.1) is 34.0 Å². The van der Waals surface area contributed by atoms with Crippen LogP contribution in [0, 0.1) is 0 Å². The molecule has 0 atom stereocenters. The molecule has 0 N–H and O–H groups in total. The zero-order valence-electron chi connectivity index (χ0n) is 16.4. The lowest BCUT2D eigenvalue weighted by Crippen LogP contribution is -2.12. The average Bonchev–Trinajstić information content (AvgIpc) is 3.05. The van der Waals surface area contributed by atoms with Gasteiger partial charge in [0.25, 0.3) is 0 Å². The number of benzene rings is 2. The van der Waals surface area contributed by atoms with Crippen LogP contribution >= 0.6 is 0 Å². The molecule has 0 fully saturated rings. The predicted octanol–water partition coefficient (Wildman–Crippen LogP) is 2.88. The number of carbonyl (C=O) groups excluding carboxylic acids is 2. The molecule has 1 heterocycles. The summed E-state index contributed by atoms with van der Waals surface area (Å²) in [6.45, 7) is -0.239. The molecule has 2 aromatic rings. The number of hydrogen-bond acceptors (Lipinski definition) is 8. The minimum atomic E-state index is -0.509. The van der Waals surface area contributed by atoms with Crippen LogP contribution in [-0.2, 0) is 9.53 Å². The molecule has 0 spiro atoms. The van der Waals surface area contributed by atoms with E-state index in [9.17, 15) is 9.59 Å². The number of fused-ring (bicyclic) bond motifs is 1. The molecule has 0 bridgehead atoms. The Balaban J connectivity index is 1.88. The Hall–Kier alpha value is -3.68. The molecule has 1 aliphatic heterocycles. The maximum absolute atomic E-state index is 12.7. The molecule has 0 aromatic heterocycles. The maximum atomic E-state index is 12.7. The van der Waals surface area contributed by atoms with Gasteiger partial charge in [0.15, 0.2) is 23.9 Å². The summed E-state index contributed by atoms with van der Waals surface area (Å²) in [6.07, 6.45) is 1.59. The lowest BCUT2D eigenvalue weighted by atomic mass is 10.1. The van der Waals surface area contributed by atoms with Crippen molar-refractivity contribution in [1.82, 2.24) is 0 Å². The lowest BCUT2D eigenvalue weighted by molar-refractivity contribution is -0.142. The van der Waals surface area contributed by atoms with Crippen molar-refractivity contribution in [2.75, 3.05) is 35.0 Å². The Labute approximate surface area is 167 Å². The first-order valence-corrected chi connectivity index (χ1v) is 8.58. The topological polar surface area (TPSA) is 89.5 Å². The van der Waals surface area contributed by atoms with Crippen LogP contribution < -0.4 is 23.7 Å². The summed E-state index contributed by atoms with van der Waals surface area (Å²) in [5.74, 6) is 1.46. The van der Waals surface area contributed by atoms with Crippen molar-refractivity contribution in [2.24, 2.45) is 0 Å². The number of Topliss-reactive ketones (excluding diaryl/α,β-unsaturated/α-hetero) is 1. The molecule has 0 aliphatic carbocycles. The van der Waals surface area contributed by atoms with Gasteiger partial charge in [-0.15, -0.1) is 0 Å². The molecule has 0 saturated carbocycles. The van der Waals surface area contributed by atoms with E-state index in [1.165, 1.54) is 28.4 Å². The zero-order chi connectivity index (χ0) is 21.0. The SMILES string of the molecule is COC(=O)COc1ccc2c(c1)OC(=Cc1cc(OC)c(OC)c(OC)c1)C2=O. The monoisotopic (exact) mass is 400 g/mol. The quantitative estimate of drug-likeness (QED) is 0.518. The van der Waals surface area contributed by atoms with Gasteiger partial charge in [-0.25, -0.2) is 4.79 Å². The summed E-state index contributed by atoms with van der Waals surface area (Å²) < 4.78 is 31.5. The second kappa shape index (κ2) is 8.55. The molecule has 8 nitrogen and oxygen atoms in total. The van der Waals surface area contributed by atoms with Gasteiger partial charge in [-0.05, 0) is 35.9 Å². The number of allylic oxidation sites excluding steroid dienone is 1. The summed E-state index contributed by atoms with van der Waals surface area (Å²) >= 11 is 0. The minimum absolute atomic E-state index is 0.138. The Morgan fingerprint density at radius 3 is 2.28 bits per heavy atom. The fraction of sp³-hybridized carbons (Fsp3) is 0.238. The van der Waals surface area contributed by atoms with E-state index in [2.05, 4.69) is 4.74 Å². The van der Waals surface area contributed by atoms with Crippen molar-refractivity contribution in [1.29, 1.82) is 0 Å². The van der Waals surface area contributed by atoms with E-state index in [0.717, 1.165) is 0 Å². The molecular weight excluding hydrogens is 380 g/mol. The van der Waals surface area contributed by atoms with Gasteiger partial charge in [-0.3, -0.25) is 4.79 Å². The third-order valence-corrected chi connectivity index (χ3v) is 4.21. The highest BCUT2D eigenvalue weighted by molar-refractivity contribution is 6.14. The van der Waals surface area contributed by atoms with Crippen LogP contribution in [0.4, 0.5) is 0 Å². The molecule has 0 amide bonds. The third kappa shape index (κ3) is 4.11. The third-order valence-electron chi connectivity index (χ3n) is 4.21. The number of ketones is 1. The first-order valence-electron chi connectivity index (χ1n) is 8.58. The van der Waals surface area contributed by atoms with Gasteiger partial charge >= 0.3 is 5.97 Å². The van der Waals surface area contributed by atoms with Crippen molar-refractivity contribution in [3.05, 3.63) is 47.2 Å². The molecule has 0 radical (unpaired) electrons. The summed E-state index contributed by atoms with van der Waals surface area (Å²) in [5, 5.41) is 0. The van der Waals surface area contributed by atoms with E-state index in [-0.39, 0.29) is 18.1 Å². The Morgan fingerprint density at radius 1 is 1.00 bits per heavy atom. The van der Waals surface area contributed by atoms with Crippen molar-refractivity contribution >= 4 is 17.8 Å². The van der Waals surface area contributed by atoms with E-state index in [0.29, 0.717) is 39.9 Å². The van der Waals surface area contributed by atoms with Crippen LogP contribution in [0.15, 0.2) is 36.1 Å². The molecule has 0 unspecified atom stereocenters. The summed E-state index contributed by atoms with van der Waals surface area (Å²) in [5.41, 5.74) is 1.03. The Bertz CT molecular complexity index is 952. The van der Waals surface area contributed by atoms with Crippen LogP contribution in [0.5, 0.6) is 28.7 Å². The number of methoxy groups -OCH3 is 4. The van der Waals surface area contributed by atoms with Gasteiger partial charge in [0.2, 0.25) is 11.5 Å². The molecular formula is C21H20O8. The molecule has 152 valence electrons. The molecule has 1 aliphatic rings. The smallest absolute Gasteiger partial charge is 0.343 e. The van der Waals surface area contributed by atoms with Crippen LogP contribution in [0.1, 0.15) is 15.9 Å². The van der Waals surface area contributed by atoms with E-state index < -0.39 is 5.97 Å². The number of hydrogen-bond donors (Lipinski definition) is 0. The van der Waals surface area contributed by atoms with E-state index >= 15 is 0 Å². The van der Waals surface area contributed by atoms with Crippen molar-refractivity contribution in [3.8, 4) is 28.7 Å². The average molecular weight is 400 g/mol. The highest BCUT2D eigenvalue weighted by Crippen LogP contribution is 2.40. The van der Waals surface area contributed by atoms with Crippen molar-refractivity contribution in [3.63, 3.8) is 0 Å². The zero-order valence-corrected chi connectivity index (χ0v) is 16.4. The standard InChI is InChI=1S/C21H20O8/c1-24-17-8-12(9-18(25-2)21(17)27-4)7-16-20(23)14-6-5-13(10-15(14)29-16)28-11-19(22)26-3/h5-10H,11H2,1-4H3. The Morgan fingerprint density at radius 2 is 1.69 bits per heavy atom. The van der Waals surface area contributed by atoms with Gasteiger partial charge in [0, 0.05) is 6.07 Å². The molecule has 2 aromatic carbocycles. The van der Waals surface area contributed by atoms with Crippen molar-refractivity contribution in [2.45, 2.75) is 0 Å². The van der Waals surface area contributed by atoms with E-state index in [1.807, 2.05) is 0 Å². The van der Waals surface area contributed by atoms with Gasteiger partial charge < -0.3 is 28.4 Å². The van der Waals surface area contributed by atoms with Crippen LogP contribution in [-0.4, -0.2) is 46.8 Å². The Kier molecular flexibility index (Phi) is 5.92. The number of rotatable bonds is 7. The second-order valence-electron chi connectivity index (χ2n) is 5.92. The van der Waals surface area contributed by atoms with Crippen molar-refractivity contribution < 1.29 is 38.0 Å². The van der Waals surface area contributed by atoms with Gasteiger partial charge in [-0.2, -0.15) is 0 Å². The fourth-order valence-corrected chi connectivity index (χ4v) is 2.79. The second-order valence-corrected chi connectivity index (χ2v) is 5.92. The first-order chi connectivity index (χ1) is 14.0. The summed E-state index contributed by atoms with van der Waals surface area (Å²) in [6, 6.07) is 8.13. The van der Waals surface area contributed by atoms with Crippen LogP contribution in [0.25, 0.3) is 6.08 Å². The first kappa shape index (κ1) is 20.1. The highest BCUT2D eigenvalue weighted by Gasteiger charge is 2.28. The van der Waals surface area contributed by atoms with Crippen LogP contribution in [0.3, 0.4) is 0 Å². The molecule has 3 rings (SSSR count). The maximum Gasteiger partial charge on any atom is 0.343 e. The number of ether oxygens (including phenoxy) is 6. The normalized spacial score (nSPS) is 13.5. The molecule has 29 heavy (non-hydrogen) atoms. The minimum Gasteiger partial charge on any atom is -0.493 e. The van der Waals surface area contributed by atoms with Gasteiger partial charge in [-0.1, -0.05) is 0 Å². The van der Waals surface area contributed by atoms with E-state index in [4.69, 9.17) is 23.7 Å². The van der Waals surface area contributed by atoms with E-state index in [1.54, 1.807) is 36.4 Å². The highest BCUT2D eigenvalue weighted by atomic mass is 16.6. The van der Waals surface area contributed by atoms with Gasteiger partial charge in [0.1, 0.15) is 11.5 Å². The summed E-state index contributed by atoms with van der Waals surface area (Å²) in [7, 11) is 5.81.